The van der Waals surface area contributed by atoms with E-state index in [-0.39, 0.29) is 24.0 Å². The molecule has 2 aliphatic rings. The Bertz CT molecular complexity index is 734. The summed E-state index contributed by atoms with van der Waals surface area (Å²) in [6.45, 7) is 2.12. The molecule has 0 aliphatic carbocycles. The molecule has 0 saturated carbocycles. The Kier molecular flexibility index (Phi) is 7.17. The topological polar surface area (TPSA) is 100 Å². The zero-order valence-electron chi connectivity index (χ0n) is 15.8. The fourth-order valence-electron chi connectivity index (χ4n) is 3.13. The van der Waals surface area contributed by atoms with Crippen LogP contribution < -0.4 is 0 Å². The van der Waals surface area contributed by atoms with E-state index in [2.05, 4.69) is 4.98 Å². The molecule has 0 atom stereocenters. The van der Waals surface area contributed by atoms with Gasteiger partial charge in [-0.15, -0.1) is 0 Å². The number of likely N-dealkylation sites (tertiary alicyclic amines) is 1. The molecule has 2 fully saturated rings. The van der Waals surface area contributed by atoms with Gasteiger partial charge in [-0.2, -0.15) is 13.2 Å². The molecule has 1 aromatic heterocycles. The number of amides is 2. The minimum Gasteiger partial charge on any atom is -0.475 e. The van der Waals surface area contributed by atoms with E-state index >= 15 is 0 Å². The van der Waals surface area contributed by atoms with Crippen molar-refractivity contribution in [2.24, 2.45) is 0 Å². The molecule has 2 amide bonds. The summed E-state index contributed by atoms with van der Waals surface area (Å²) >= 11 is 0. The highest BCUT2D eigenvalue weighted by Crippen LogP contribution is 2.30. The van der Waals surface area contributed by atoms with Gasteiger partial charge in [-0.1, -0.05) is 6.07 Å². The van der Waals surface area contributed by atoms with Crippen LogP contribution in [0.5, 0.6) is 0 Å². The van der Waals surface area contributed by atoms with Crippen LogP contribution in [0, 0.1) is 0 Å². The van der Waals surface area contributed by atoms with Gasteiger partial charge in [0.25, 0.3) is 0 Å². The molecule has 1 N–H and O–H groups in total. The first-order valence-electron chi connectivity index (χ1n) is 8.88. The first-order valence-corrected chi connectivity index (χ1v) is 8.88. The number of carboxylic acids is 1. The van der Waals surface area contributed by atoms with Crippen molar-refractivity contribution >= 4 is 17.8 Å². The summed E-state index contributed by atoms with van der Waals surface area (Å²) < 4.78 is 37.5. The number of likely N-dealkylation sites (N-methyl/N-ethyl adjacent to an activating group) is 1. The molecule has 3 rings (SSSR count). The SMILES string of the molecule is CN1CC2(CCN(C(=O)Cc3ccccn3)CC2)OCC1=O.O=C(O)C(F)(F)F. The summed E-state index contributed by atoms with van der Waals surface area (Å²) in [5.74, 6) is -2.62. The van der Waals surface area contributed by atoms with Crippen LogP contribution in [-0.2, 0) is 25.5 Å². The number of piperidine rings is 1. The number of carbonyl (C=O) groups excluding carboxylic acids is 2. The Morgan fingerprint density at radius 3 is 2.38 bits per heavy atom. The number of aromatic nitrogens is 1. The molecule has 160 valence electrons. The molecule has 11 heteroatoms. The smallest absolute Gasteiger partial charge is 0.475 e. The zero-order valence-corrected chi connectivity index (χ0v) is 15.8. The molecule has 2 aliphatic heterocycles. The molecule has 0 bridgehead atoms. The van der Waals surface area contributed by atoms with Crippen LogP contribution in [-0.4, -0.2) is 82.7 Å². The number of alkyl halides is 3. The lowest BCUT2D eigenvalue weighted by atomic mass is 9.89. The number of carboxylic acid groups (broad SMARTS) is 1. The fourth-order valence-corrected chi connectivity index (χ4v) is 3.13. The summed E-state index contributed by atoms with van der Waals surface area (Å²) in [4.78, 5) is 40.6. The van der Waals surface area contributed by atoms with Crippen molar-refractivity contribution in [1.82, 2.24) is 14.8 Å². The van der Waals surface area contributed by atoms with E-state index in [4.69, 9.17) is 14.6 Å². The molecular weight excluding hydrogens is 395 g/mol. The molecule has 0 aromatic carbocycles. The lowest BCUT2D eigenvalue weighted by Gasteiger charge is -2.46. The lowest BCUT2D eigenvalue weighted by Crippen LogP contribution is -2.58. The van der Waals surface area contributed by atoms with Crippen molar-refractivity contribution in [2.75, 3.05) is 33.3 Å². The number of aliphatic carboxylic acids is 1. The van der Waals surface area contributed by atoms with Crippen LogP contribution in [0.2, 0.25) is 0 Å². The van der Waals surface area contributed by atoms with Gasteiger partial charge < -0.3 is 19.6 Å². The number of carbonyl (C=O) groups is 3. The molecule has 2 saturated heterocycles. The van der Waals surface area contributed by atoms with E-state index in [0.717, 1.165) is 18.5 Å². The molecule has 0 radical (unpaired) electrons. The minimum atomic E-state index is -5.08. The van der Waals surface area contributed by atoms with E-state index in [0.29, 0.717) is 26.1 Å². The van der Waals surface area contributed by atoms with Crippen molar-refractivity contribution in [3.63, 3.8) is 0 Å². The van der Waals surface area contributed by atoms with Crippen LogP contribution in [0.1, 0.15) is 18.5 Å². The highest BCUT2D eigenvalue weighted by atomic mass is 19.4. The van der Waals surface area contributed by atoms with E-state index < -0.39 is 12.1 Å². The van der Waals surface area contributed by atoms with Gasteiger partial charge in [0.15, 0.2) is 0 Å². The van der Waals surface area contributed by atoms with E-state index in [1.54, 1.807) is 11.1 Å². The van der Waals surface area contributed by atoms with Gasteiger partial charge in [0, 0.05) is 38.6 Å². The van der Waals surface area contributed by atoms with E-state index in [9.17, 15) is 22.8 Å². The quantitative estimate of drug-likeness (QED) is 0.774. The molecule has 1 spiro atoms. The van der Waals surface area contributed by atoms with Crippen LogP contribution in [0.3, 0.4) is 0 Å². The Balaban J connectivity index is 0.000000370. The standard InChI is InChI=1S/C16H21N3O3.C2HF3O2/c1-18-12-16(22-11-15(18)21)5-8-19(9-6-16)14(20)10-13-4-2-3-7-17-13;3-2(4,5)1(6)7/h2-4,7H,5-6,8-12H2,1H3;(H,6,7). The van der Waals surface area contributed by atoms with E-state index in [1.807, 2.05) is 30.1 Å². The number of halogens is 3. The van der Waals surface area contributed by atoms with Gasteiger partial charge in [0.2, 0.25) is 11.8 Å². The van der Waals surface area contributed by atoms with Crippen molar-refractivity contribution in [1.29, 1.82) is 0 Å². The largest absolute Gasteiger partial charge is 0.490 e. The number of rotatable bonds is 2. The minimum absolute atomic E-state index is 0.0271. The third-order valence-electron chi connectivity index (χ3n) is 4.78. The molecule has 1 aromatic rings. The van der Waals surface area contributed by atoms with Crippen molar-refractivity contribution < 1.29 is 37.4 Å². The van der Waals surface area contributed by atoms with Crippen LogP contribution in [0.25, 0.3) is 0 Å². The maximum atomic E-state index is 12.3. The Morgan fingerprint density at radius 1 is 1.28 bits per heavy atom. The number of ether oxygens (including phenoxy) is 1. The van der Waals surface area contributed by atoms with Gasteiger partial charge in [-0.05, 0) is 25.0 Å². The van der Waals surface area contributed by atoms with Crippen molar-refractivity contribution in [2.45, 2.75) is 31.0 Å². The Labute approximate surface area is 165 Å². The van der Waals surface area contributed by atoms with Crippen molar-refractivity contribution in [3.8, 4) is 0 Å². The molecule has 0 unspecified atom stereocenters. The van der Waals surface area contributed by atoms with Gasteiger partial charge >= 0.3 is 12.1 Å². The second-order valence-electron chi connectivity index (χ2n) is 6.90. The maximum Gasteiger partial charge on any atom is 0.490 e. The highest BCUT2D eigenvalue weighted by molar-refractivity contribution is 5.79. The first kappa shape index (κ1) is 22.6. The average Bonchev–Trinajstić information content (AvgIpc) is 2.66. The van der Waals surface area contributed by atoms with Crippen molar-refractivity contribution in [3.05, 3.63) is 30.1 Å². The highest BCUT2D eigenvalue weighted by Gasteiger charge is 2.42. The second kappa shape index (κ2) is 9.21. The average molecular weight is 417 g/mol. The van der Waals surface area contributed by atoms with Crippen LogP contribution >= 0.6 is 0 Å². The molecule has 29 heavy (non-hydrogen) atoms. The summed E-state index contributed by atoms with van der Waals surface area (Å²) in [6.07, 6.45) is -1.49. The lowest BCUT2D eigenvalue weighted by molar-refractivity contribution is -0.192. The summed E-state index contributed by atoms with van der Waals surface area (Å²) in [6, 6.07) is 5.61. The Morgan fingerprint density at radius 2 is 1.90 bits per heavy atom. The van der Waals surface area contributed by atoms with Gasteiger partial charge in [0.1, 0.15) is 6.61 Å². The maximum absolute atomic E-state index is 12.3. The second-order valence-corrected chi connectivity index (χ2v) is 6.90. The normalized spacial score (nSPS) is 18.8. The number of pyridine rings is 1. The predicted octanol–water partition coefficient (Wildman–Crippen LogP) is 1.11. The van der Waals surface area contributed by atoms with Crippen LogP contribution in [0.15, 0.2) is 24.4 Å². The summed E-state index contributed by atoms with van der Waals surface area (Å²) in [5.41, 5.74) is 0.525. The monoisotopic (exact) mass is 417 g/mol. The summed E-state index contributed by atoms with van der Waals surface area (Å²) in [7, 11) is 1.81. The van der Waals surface area contributed by atoms with Gasteiger partial charge in [0.05, 0.1) is 12.0 Å². The van der Waals surface area contributed by atoms with Gasteiger partial charge in [-0.25, -0.2) is 4.79 Å². The molecule has 8 nitrogen and oxygen atoms in total. The third kappa shape index (κ3) is 6.41. The molecule has 3 heterocycles. The first-order chi connectivity index (χ1) is 13.5. The predicted molar refractivity (Wildman–Crippen MR) is 93.8 cm³/mol. The van der Waals surface area contributed by atoms with Crippen LogP contribution in [0.4, 0.5) is 13.2 Å². The van der Waals surface area contributed by atoms with Gasteiger partial charge in [-0.3, -0.25) is 14.6 Å². The zero-order chi connectivity index (χ0) is 21.7. The fraction of sp³-hybridized carbons (Fsp3) is 0.556. The number of morpholine rings is 1. The summed E-state index contributed by atoms with van der Waals surface area (Å²) in [5, 5.41) is 7.12. The molecular formula is C18H22F3N3O5. The Hall–Kier alpha value is -2.69. The third-order valence-corrected chi connectivity index (χ3v) is 4.78. The number of nitrogens with zero attached hydrogens (tertiary/aromatic N) is 3. The number of hydrogen-bond acceptors (Lipinski definition) is 5. The van der Waals surface area contributed by atoms with E-state index in [1.165, 1.54) is 0 Å². The number of hydrogen-bond donors (Lipinski definition) is 1.